The maximum atomic E-state index is 11.9. The fraction of sp³-hybridized carbons (Fsp3) is 0.647. The molecular weight excluding hydrogens is 441 g/mol. The average Bonchev–Trinajstić information content (AvgIpc) is 2.88. The number of halogens is 1. The van der Waals surface area contributed by atoms with Crippen LogP contribution in [0.25, 0.3) is 0 Å². The van der Waals surface area contributed by atoms with Crippen molar-refractivity contribution in [3.8, 4) is 0 Å². The monoisotopic (exact) mass is 465 g/mol. The predicted molar refractivity (Wildman–Crippen MR) is 98.0 cm³/mol. The minimum atomic E-state index is -0.562. The molecule has 1 saturated heterocycles. The molecule has 0 saturated carbocycles. The summed E-state index contributed by atoms with van der Waals surface area (Å²) >= 11 is 2.16. The van der Waals surface area contributed by atoms with Crippen molar-refractivity contribution in [1.29, 1.82) is 0 Å². The number of carbonyl (C=O) groups excluding carboxylic acids is 2. The molecule has 0 amide bonds. The maximum absolute atomic E-state index is 11.9. The lowest BCUT2D eigenvalue weighted by atomic mass is 9.95. The molecule has 1 aromatic heterocycles. The van der Waals surface area contributed by atoms with Gasteiger partial charge in [-0.05, 0) is 40.1 Å². The van der Waals surface area contributed by atoms with Gasteiger partial charge in [-0.15, -0.1) is 0 Å². The van der Waals surface area contributed by atoms with E-state index in [4.69, 9.17) is 18.9 Å². The third-order valence-electron chi connectivity index (χ3n) is 4.04. The van der Waals surface area contributed by atoms with Gasteiger partial charge in [-0.3, -0.25) is 9.59 Å². The lowest BCUT2D eigenvalue weighted by molar-refractivity contribution is -0.228. The Hall–Kier alpha value is -1.13. The summed E-state index contributed by atoms with van der Waals surface area (Å²) in [5.74, 6) is -0.651. The van der Waals surface area contributed by atoms with Crippen LogP contribution in [0, 0.1) is 9.12 Å². The second-order valence-electron chi connectivity index (χ2n) is 6.76. The largest absolute Gasteiger partial charge is 0.469 e. The molecule has 0 bridgehead atoms. The van der Waals surface area contributed by atoms with E-state index in [1.54, 1.807) is 0 Å². The van der Waals surface area contributed by atoms with E-state index in [0.717, 1.165) is 14.8 Å². The highest BCUT2D eigenvalue weighted by Crippen LogP contribution is 2.35. The van der Waals surface area contributed by atoms with Crippen molar-refractivity contribution >= 4 is 34.5 Å². The van der Waals surface area contributed by atoms with Crippen LogP contribution in [-0.2, 0) is 41.4 Å². The smallest absolute Gasteiger partial charge is 0.310 e. The Labute approximate surface area is 160 Å². The Morgan fingerprint density at radius 1 is 1.16 bits per heavy atom. The summed E-state index contributed by atoms with van der Waals surface area (Å²) in [6.07, 6.45) is 0.228. The van der Waals surface area contributed by atoms with E-state index in [1.807, 2.05) is 0 Å². The van der Waals surface area contributed by atoms with Crippen molar-refractivity contribution in [2.45, 2.75) is 39.4 Å². The summed E-state index contributed by atoms with van der Waals surface area (Å²) in [4.78, 5) is 26.6. The molecule has 0 aliphatic carbocycles. The normalized spacial score (nSPS) is 17.3. The van der Waals surface area contributed by atoms with Crippen molar-refractivity contribution in [1.82, 2.24) is 4.98 Å². The molecule has 2 heterocycles. The number of hydrogen-bond acceptors (Lipinski definition) is 6. The van der Waals surface area contributed by atoms with Crippen molar-refractivity contribution < 1.29 is 28.5 Å². The van der Waals surface area contributed by atoms with Crippen LogP contribution < -0.4 is 0 Å². The first kappa shape index (κ1) is 20.2. The number of ether oxygens (including phenoxy) is 4. The Morgan fingerprint density at radius 2 is 1.76 bits per heavy atom. The van der Waals surface area contributed by atoms with Crippen LogP contribution in [0.5, 0.6) is 0 Å². The van der Waals surface area contributed by atoms with Gasteiger partial charge < -0.3 is 23.9 Å². The topological polar surface area (TPSA) is 86.9 Å². The number of aromatic amines is 1. The van der Waals surface area contributed by atoms with Crippen LogP contribution in [0.4, 0.5) is 0 Å². The van der Waals surface area contributed by atoms with Gasteiger partial charge in [0.25, 0.3) is 0 Å². The van der Waals surface area contributed by atoms with Gasteiger partial charge in [-0.1, -0.05) is 13.8 Å². The molecule has 0 atom stereocenters. The first-order valence-corrected chi connectivity index (χ1v) is 9.11. The minimum Gasteiger partial charge on any atom is -0.469 e. The van der Waals surface area contributed by atoms with E-state index in [2.05, 4.69) is 41.4 Å². The van der Waals surface area contributed by atoms with Crippen LogP contribution in [0.3, 0.4) is 0 Å². The zero-order chi connectivity index (χ0) is 18.6. The molecule has 140 valence electrons. The van der Waals surface area contributed by atoms with Crippen LogP contribution in [-0.4, -0.2) is 44.4 Å². The van der Waals surface area contributed by atoms with Crippen LogP contribution in [0.2, 0.25) is 0 Å². The van der Waals surface area contributed by atoms with Crippen molar-refractivity contribution in [2.24, 2.45) is 5.41 Å². The lowest BCUT2D eigenvalue weighted by Crippen LogP contribution is -2.34. The number of nitrogens with one attached hydrogen (secondary N) is 1. The third-order valence-corrected chi connectivity index (χ3v) is 4.96. The predicted octanol–water partition coefficient (Wildman–Crippen LogP) is 2.51. The van der Waals surface area contributed by atoms with Gasteiger partial charge >= 0.3 is 11.9 Å². The number of H-pyrrole nitrogens is 1. The number of carbonyl (C=O) groups is 2. The second kappa shape index (κ2) is 8.50. The summed E-state index contributed by atoms with van der Waals surface area (Å²) in [7, 11) is 2.71. The van der Waals surface area contributed by atoms with Gasteiger partial charge in [0.05, 0.1) is 43.2 Å². The number of esters is 2. The molecule has 1 aromatic rings. The zero-order valence-electron chi connectivity index (χ0n) is 14.9. The van der Waals surface area contributed by atoms with Crippen molar-refractivity contribution in [3.05, 3.63) is 20.5 Å². The maximum Gasteiger partial charge on any atom is 0.310 e. The molecule has 0 radical (unpaired) electrons. The Morgan fingerprint density at radius 3 is 2.32 bits per heavy atom. The fourth-order valence-electron chi connectivity index (χ4n) is 2.63. The van der Waals surface area contributed by atoms with E-state index in [9.17, 15) is 9.59 Å². The SMILES string of the molecule is COC(=O)CCc1c(I)[nH]c(C2OCC(C)(C)CO2)c1CC(=O)OC. The summed E-state index contributed by atoms with van der Waals surface area (Å²) in [5.41, 5.74) is 2.32. The third kappa shape index (κ3) is 5.18. The molecule has 2 rings (SSSR count). The van der Waals surface area contributed by atoms with E-state index < -0.39 is 6.29 Å². The van der Waals surface area contributed by atoms with E-state index in [0.29, 0.717) is 25.3 Å². The van der Waals surface area contributed by atoms with E-state index >= 15 is 0 Å². The first-order chi connectivity index (χ1) is 11.8. The molecule has 0 unspecified atom stereocenters. The molecule has 7 nitrogen and oxygen atoms in total. The van der Waals surface area contributed by atoms with Gasteiger partial charge in [0.2, 0.25) is 0 Å². The molecule has 1 aliphatic heterocycles. The molecule has 1 aliphatic rings. The second-order valence-corrected chi connectivity index (χ2v) is 7.84. The van der Waals surface area contributed by atoms with Crippen LogP contribution >= 0.6 is 22.6 Å². The molecule has 1 fully saturated rings. The van der Waals surface area contributed by atoms with Gasteiger partial charge in [0.1, 0.15) is 0 Å². The lowest BCUT2D eigenvalue weighted by Gasteiger charge is -2.34. The minimum absolute atomic E-state index is 0.0491. The number of hydrogen-bond donors (Lipinski definition) is 1. The zero-order valence-corrected chi connectivity index (χ0v) is 17.1. The average molecular weight is 465 g/mol. The fourth-order valence-corrected chi connectivity index (χ4v) is 3.52. The Balaban J connectivity index is 2.28. The summed E-state index contributed by atoms with van der Waals surface area (Å²) < 4.78 is 22.1. The molecule has 1 N–H and O–H groups in total. The van der Waals surface area contributed by atoms with Crippen LogP contribution in [0.1, 0.15) is 43.4 Å². The van der Waals surface area contributed by atoms with Gasteiger partial charge in [0, 0.05) is 11.8 Å². The van der Waals surface area contributed by atoms with Crippen LogP contribution in [0.15, 0.2) is 0 Å². The van der Waals surface area contributed by atoms with Gasteiger partial charge in [0.15, 0.2) is 6.29 Å². The molecule has 0 spiro atoms. The number of methoxy groups -OCH3 is 2. The number of aromatic nitrogens is 1. The van der Waals surface area contributed by atoms with Crippen molar-refractivity contribution in [3.63, 3.8) is 0 Å². The quantitative estimate of drug-likeness (QED) is 0.514. The first-order valence-electron chi connectivity index (χ1n) is 8.03. The highest BCUT2D eigenvalue weighted by atomic mass is 127. The summed E-state index contributed by atoms with van der Waals surface area (Å²) in [6, 6.07) is 0. The standard InChI is InChI=1S/C17H24INO6/c1-17(2)8-24-16(25-9-17)14-11(7-13(21)23-4)10(15(18)19-14)5-6-12(20)22-3/h16,19H,5-9H2,1-4H3. The molecule has 25 heavy (non-hydrogen) atoms. The molecular formula is C17H24INO6. The number of rotatable bonds is 6. The molecule has 0 aromatic carbocycles. The highest BCUT2D eigenvalue weighted by molar-refractivity contribution is 14.1. The summed E-state index contributed by atoms with van der Waals surface area (Å²) in [5, 5.41) is 0. The Bertz CT molecular complexity index is 629. The van der Waals surface area contributed by atoms with Gasteiger partial charge in [-0.25, -0.2) is 0 Å². The molecule has 8 heteroatoms. The summed E-state index contributed by atoms with van der Waals surface area (Å²) in [6.45, 7) is 5.25. The highest BCUT2D eigenvalue weighted by Gasteiger charge is 2.33. The van der Waals surface area contributed by atoms with Gasteiger partial charge in [-0.2, -0.15) is 0 Å². The van der Waals surface area contributed by atoms with E-state index in [-0.39, 0.29) is 30.2 Å². The van der Waals surface area contributed by atoms with E-state index in [1.165, 1.54) is 14.2 Å². The Kier molecular flexibility index (Phi) is 6.86. The van der Waals surface area contributed by atoms with Crippen molar-refractivity contribution in [2.75, 3.05) is 27.4 Å².